The van der Waals surface area contributed by atoms with Crippen molar-refractivity contribution in [2.24, 2.45) is 0 Å². The van der Waals surface area contributed by atoms with Gasteiger partial charge >= 0.3 is 0 Å². The minimum Gasteiger partial charge on any atom is -0.491 e. The van der Waals surface area contributed by atoms with Crippen molar-refractivity contribution in [3.8, 4) is 11.5 Å². The molecular formula is C17H20O3S. The van der Waals surface area contributed by atoms with E-state index in [1.807, 2.05) is 54.6 Å². The average molecular weight is 304 g/mol. The van der Waals surface area contributed by atoms with E-state index >= 15 is 0 Å². The molecule has 0 radical (unpaired) electrons. The molecule has 21 heavy (non-hydrogen) atoms. The summed E-state index contributed by atoms with van der Waals surface area (Å²) >= 11 is 4.07. The van der Waals surface area contributed by atoms with Gasteiger partial charge in [0.25, 0.3) is 0 Å². The lowest BCUT2D eigenvalue weighted by molar-refractivity contribution is 0.112. The average Bonchev–Trinajstić information content (AvgIpc) is 2.55. The molecule has 0 aliphatic heterocycles. The van der Waals surface area contributed by atoms with E-state index in [1.54, 1.807) is 0 Å². The SMILES string of the molecule is SCCOCCOc1ccc(OCc2ccccc2)cc1. The van der Waals surface area contributed by atoms with E-state index in [-0.39, 0.29) is 0 Å². The fourth-order valence-electron chi connectivity index (χ4n) is 1.76. The van der Waals surface area contributed by atoms with Crippen LogP contribution in [-0.4, -0.2) is 25.6 Å². The third-order valence-corrected chi connectivity index (χ3v) is 2.99. The molecule has 0 aromatic heterocycles. The van der Waals surface area contributed by atoms with Gasteiger partial charge in [-0.1, -0.05) is 30.3 Å². The fourth-order valence-corrected chi connectivity index (χ4v) is 1.89. The van der Waals surface area contributed by atoms with Gasteiger partial charge in [0.15, 0.2) is 0 Å². The monoisotopic (exact) mass is 304 g/mol. The minimum absolute atomic E-state index is 0.540. The Kier molecular flexibility index (Phi) is 6.98. The normalized spacial score (nSPS) is 10.3. The Morgan fingerprint density at radius 2 is 1.38 bits per heavy atom. The van der Waals surface area contributed by atoms with E-state index in [0.717, 1.165) is 22.8 Å². The van der Waals surface area contributed by atoms with Crippen molar-refractivity contribution in [3.05, 3.63) is 60.2 Å². The third kappa shape index (κ3) is 6.10. The van der Waals surface area contributed by atoms with Crippen LogP contribution < -0.4 is 9.47 Å². The number of benzene rings is 2. The molecule has 2 rings (SSSR count). The zero-order valence-corrected chi connectivity index (χ0v) is 12.8. The van der Waals surface area contributed by atoms with E-state index in [1.165, 1.54) is 0 Å². The molecule has 112 valence electrons. The molecule has 2 aromatic rings. The number of ether oxygens (including phenoxy) is 3. The standard InChI is InChI=1S/C17H20O3S/c21-13-12-18-10-11-19-16-6-8-17(9-7-16)20-14-15-4-2-1-3-5-15/h1-9,21H,10-14H2. The van der Waals surface area contributed by atoms with Crippen LogP contribution in [0.5, 0.6) is 11.5 Å². The van der Waals surface area contributed by atoms with Crippen molar-refractivity contribution >= 4 is 12.6 Å². The highest BCUT2D eigenvalue weighted by molar-refractivity contribution is 7.80. The topological polar surface area (TPSA) is 27.7 Å². The van der Waals surface area contributed by atoms with Crippen LogP contribution in [-0.2, 0) is 11.3 Å². The summed E-state index contributed by atoms with van der Waals surface area (Å²) in [6, 6.07) is 17.7. The van der Waals surface area contributed by atoms with E-state index in [9.17, 15) is 0 Å². The van der Waals surface area contributed by atoms with Crippen LogP contribution >= 0.6 is 12.6 Å². The maximum absolute atomic E-state index is 5.72. The molecular weight excluding hydrogens is 284 g/mol. The lowest BCUT2D eigenvalue weighted by Crippen LogP contribution is -2.07. The van der Waals surface area contributed by atoms with Crippen LogP contribution in [0.25, 0.3) is 0 Å². The Balaban J connectivity index is 1.71. The Morgan fingerprint density at radius 3 is 2.05 bits per heavy atom. The van der Waals surface area contributed by atoms with Gasteiger partial charge < -0.3 is 14.2 Å². The summed E-state index contributed by atoms with van der Waals surface area (Å²) in [7, 11) is 0. The van der Waals surface area contributed by atoms with E-state index in [2.05, 4.69) is 12.6 Å². The Bertz CT molecular complexity index is 499. The van der Waals surface area contributed by atoms with E-state index in [0.29, 0.717) is 26.4 Å². The van der Waals surface area contributed by atoms with E-state index < -0.39 is 0 Å². The first kappa shape index (κ1) is 15.7. The zero-order valence-electron chi connectivity index (χ0n) is 11.9. The molecule has 4 heteroatoms. The zero-order chi connectivity index (χ0) is 14.8. The van der Waals surface area contributed by atoms with Crippen molar-refractivity contribution in [1.29, 1.82) is 0 Å². The number of hydrogen-bond acceptors (Lipinski definition) is 4. The summed E-state index contributed by atoms with van der Waals surface area (Å²) in [4.78, 5) is 0. The number of hydrogen-bond donors (Lipinski definition) is 1. The van der Waals surface area contributed by atoms with Crippen LogP contribution in [0.1, 0.15) is 5.56 Å². The highest BCUT2D eigenvalue weighted by Crippen LogP contribution is 2.18. The molecule has 0 heterocycles. The second-order valence-corrected chi connectivity index (χ2v) is 4.88. The molecule has 3 nitrogen and oxygen atoms in total. The van der Waals surface area contributed by atoms with Gasteiger partial charge in [-0.25, -0.2) is 0 Å². The van der Waals surface area contributed by atoms with Gasteiger partial charge in [-0.2, -0.15) is 12.6 Å². The molecule has 0 saturated carbocycles. The molecule has 0 spiro atoms. The molecule has 0 N–H and O–H groups in total. The summed E-state index contributed by atoms with van der Waals surface area (Å²) in [5.74, 6) is 2.38. The second kappa shape index (κ2) is 9.32. The van der Waals surface area contributed by atoms with Gasteiger partial charge in [0, 0.05) is 5.75 Å². The first-order chi connectivity index (χ1) is 10.4. The quantitative estimate of drug-likeness (QED) is 0.567. The molecule has 0 atom stereocenters. The van der Waals surface area contributed by atoms with Crippen LogP contribution in [0.15, 0.2) is 54.6 Å². The van der Waals surface area contributed by atoms with Gasteiger partial charge in [0.2, 0.25) is 0 Å². The Morgan fingerprint density at radius 1 is 0.714 bits per heavy atom. The number of thiol groups is 1. The summed E-state index contributed by atoms with van der Waals surface area (Å²) in [5.41, 5.74) is 1.15. The number of rotatable bonds is 9. The van der Waals surface area contributed by atoms with Crippen LogP contribution in [0.3, 0.4) is 0 Å². The first-order valence-electron chi connectivity index (χ1n) is 6.96. The van der Waals surface area contributed by atoms with Crippen LogP contribution in [0, 0.1) is 0 Å². The predicted octanol–water partition coefficient (Wildman–Crippen LogP) is 3.59. The largest absolute Gasteiger partial charge is 0.491 e. The van der Waals surface area contributed by atoms with Crippen molar-refractivity contribution in [1.82, 2.24) is 0 Å². The molecule has 0 bridgehead atoms. The maximum Gasteiger partial charge on any atom is 0.120 e. The maximum atomic E-state index is 5.72. The summed E-state index contributed by atoms with van der Waals surface area (Å²) < 4.78 is 16.6. The highest BCUT2D eigenvalue weighted by Gasteiger charge is 1.98. The van der Waals surface area contributed by atoms with Gasteiger partial charge in [-0.05, 0) is 29.8 Å². The van der Waals surface area contributed by atoms with Gasteiger partial charge in [-0.15, -0.1) is 0 Å². The van der Waals surface area contributed by atoms with Crippen molar-refractivity contribution in [3.63, 3.8) is 0 Å². The Labute approximate surface area is 131 Å². The molecule has 0 saturated heterocycles. The molecule has 0 aliphatic carbocycles. The van der Waals surface area contributed by atoms with Crippen LogP contribution in [0.4, 0.5) is 0 Å². The Hall–Kier alpha value is -1.65. The van der Waals surface area contributed by atoms with Crippen molar-refractivity contribution < 1.29 is 14.2 Å². The first-order valence-corrected chi connectivity index (χ1v) is 7.60. The lowest BCUT2D eigenvalue weighted by atomic mass is 10.2. The van der Waals surface area contributed by atoms with Gasteiger partial charge in [-0.3, -0.25) is 0 Å². The van der Waals surface area contributed by atoms with Gasteiger partial charge in [0.05, 0.1) is 13.2 Å². The van der Waals surface area contributed by atoms with E-state index in [4.69, 9.17) is 14.2 Å². The molecule has 0 aliphatic rings. The second-order valence-electron chi connectivity index (χ2n) is 4.43. The summed E-state index contributed by atoms with van der Waals surface area (Å²) in [6.45, 7) is 2.34. The third-order valence-electron chi connectivity index (χ3n) is 2.80. The highest BCUT2D eigenvalue weighted by atomic mass is 32.1. The molecule has 0 amide bonds. The van der Waals surface area contributed by atoms with Gasteiger partial charge in [0.1, 0.15) is 24.7 Å². The fraction of sp³-hybridized carbons (Fsp3) is 0.294. The minimum atomic E-state index is 0.540. The summed E-state index contributed by atoms with van der Waals surface area (Å²) in [5, 5.41) is 0. The van der Waals surface area contributed by atoms with Crippen molar-refractivity contribution in [2.45, 2.75) is 6.61 Å². The van der Waals surface area contributed by atoms with Crippen molar-refractivity contribution in [2.75, 3.05) is 25.6 Å². The molecule has 0 unspecified atom stereocenters. The lowest BCUT2D eigenvalue weighted by Gasteiger charge is -2.09. The van der Waals surface area contributed by atoms with Crippen LogP contribution in [0.2, 0.25) is 0 Å². The molecule has 0 fully saturated rings. The molecule has 2 aromatic carbocycles. The predicted molar refractivity (Wildman–Crippen MR) is 87.4 cm³/mol. The smallest absolute Gasteiger partial charge is 0.120 e. The summed E-state index contributed by atoms with van der Waals surface area (Å²) in [6.07, 6.45) is 0.